The molecule has 0 heterocycles. The largest absolute Gasteiger partial charge is 0.494 e. The highest BCUT2D eigenvalue weighted by atomic mass is 16.5. The number of carbonyl (C=O) groups is 1. The molecule has 0 fully saturated rings. The molecule has 0 amide bonds. The third-order valence-electron chi connectivity index (χ3n) is 5.04. The molecule has 29 heavy (non-hydrogen) atoms. The van der Waals surface area contributed by atoms with Gasteiger partial charge in [-0.3, -0.25) is 4.79 Å². The van der Waals surface area contributed by atoms with Gasteiger partial charge in [-0.05, 0) is 86.0 Å². The van der Waals surface area contributed by atoms with Crippen molar-refractivity contribution in [3.05, 3.63) is 47.5 Å². The Morgan fingerprint density at radius 1 is 0.793 bits per heavy atom. The van der Waals surface area contributed by atoms with E-state index in [2.05, 4.69) is 30.5 Å². The lowest BCUT2D eigenvalue weighted by molar-refractivity contribution is 0.0991. The van der Waals surface area contributed by atoms with Gasteiger partial charge in [-0.2, -0.15) is 0 Å². The first kappa shape index (κ1) is 21.3. The Morgan fingerprint density at radius 2 is 1.38 bits per heavy atom. The van der Waals surface area contributed by atoms with Crippen molar-refractivity contribution in [2.45, 2.75) is 33.1 Å². The zero-order valence-corrected chi connectivity index (χ0v) is 17.6. The van der Waals surface area contributed by atoms with Crippen molar-refractivity contribution in [3.63, 3.8) is 0 Å². The smallest absolute Gasteiger partial charge is 0.168 e. The summed E-state index contributed by atoms with van der Waals surface area (Å²) in [5, 5.41) is 6.57. The quantitative estimate of drug-likeness (QED) is 0.534. The summed E-state index contributed by atoms with van der Waals surface area (Å²) in [6, 6.07) is 11.9. The van der Waals surface area contributed by atoms with E-state index in [0.29, 0.717) is 19.6 Å². The molecule has 0 unspecified atom stereocenters. The zero-order chi connectivity index (χ0) is 20.5. The number of Topliss-reactive ketones (excluding diaryl/α,β-unsaturated/α-hetero) is 1. The van der Waals surface area contributed by atoms with Crippen LogP contribution in [0.5, 0.6) is 11.5 Å². The summed E-state index contributed by atoms with van der Waals surface area (Å²) in [4.78, 5) is 12.7. The SMILES string of the molecule is CCNCCCOc1ccc2c(c1)CC(=O)c1cc(OCCCNCC)ccc1-2. The molecule has 3 rings (SSSR count). The molecular weight excluding hydrogens is 364 g/mol. The molecule has 2 aromatic carbocycles. The lowest BCUT2D eigenvalue weighted by Gasteiger charge is -2.21. The van der Waals surface area contributed by atoms with Crippen LogP contribution in [0, 0.1) is 0 Å². The highest BCUT2D eigenvalue weighted by molar-refractivity contribution is 6.07. The van der Waals surface area contributed by atoms with E-state index in [1.807, 2.05) is 30.3 Å². The molecule has 2 aromatic rings. The molecule has 5 nitrogen and oxygen atoms in total. The second-order valence-corrected chi connectivity index (χ2v) is 7.24. The van der Waals surface area contributed by atoms with Gasteiger partial charge in [0.05, 0.1) is 13.2 Å². The van der Waals surface area contributed by atoms with Crippen molar-refractivity contribution in [1.29, 1.82) is 0 Å². The van der Waals surface area contributed by atoms with Crippen LogP contribution in [0.2, 0.25) is 0 Å². The second-order valence-electron chi connectivity index (χ2n) is 7.24. The topological polar surface area (TPSA) is 59.6 Å². The molecule has 0 radical (unpaired) electrons. The van der Waals surface area contributed by atoms with Crippen molar-refractivity contribution in [2.24, 2.45) is 0 Å². The number of fused-ring (bicyclic) bond motifs is 3. The van der Waals surface area contributed by atoms with E-state index >= 15 is 0 Å². The van der Waals surface area contributed by atoms with Crippen molar-refractivity contribution >= 4 is 5.78 Å². The lowest BCUT2D eigenvalue weighted by atomic mass is 9.84. The van der Waals surface area contributed by atoms with Crippen LogP contribution < -0.4 is 20.1 Å². The maximum atomic E-state index is 12.7. The minimum absolute atomic E-state index is 0.134. The normalized spacial score (nSPS) is 12.4. The Hall–Kier alpha value is -2.37. The summed E-state index contributed by atoms with van der Waals surface area (Å²) in [6.07, 6.45) is 2.31. The number of nitrogens with one attached hydrogen (secondary N) is 2. The van der Waals surface area contributed by atoms with Crippen molar-refractivity contribution < 1.29 is 14.3 Å². The molecule has 0 atom stereocenters. The zero-order valence-electron chi connectivity index (χ0n) is 17.6. The van der Waals surface area contributed by atoms with Gasteiger partial charge in [0, 0.05) is 12.0 Å². The number of hydrogen-bond acceptors (Lipinski definition) is 5. The Balaban J connectivity index is 1.65. The molecule has 5 heteroatoms. The number of hydrogen-bond donors (Lipinski definition) is 2. The predicted molar refractivity (Wildman–Crippen MR) is 117 cm³/mol. The number of benzene rings is 2. The van der Waals surface area contributed by atoms with E-state index in [1.54, 1.807) is 0 Å². The predicted octanol–water partition coefficient (Wildman–Crippen LogP) is 3.85. The molecule has 1 aliphatic rings. The third kappa shape index (κ3) is 5.81. The first-order valence-corrected chi connectivity index (χ1v) is 10.7. The van der Waals surface area contributed by atoms with Gasteiger partial charge in [-0.15, -0.1) is 0 Å². The second kappa shape index (κ2) is 11.0. The monoisotopic (exact) mass is 396 g/mol. The van der Waals surface area contributed by atoms with E-state index in [-0.39, 0.29) is 5.78 Å². The average molecular weight is 397 g/mol. The maximum absolute atomic E-state index is 12.7. The van der Waals surface area contributed by atoms with Gasteiger partial charge in [-0.25, -0.2) is 0 Å². The summed E-state index contributed by atoms with van der Waals surface area (Å²) in [5.41, 5.74) is 3.88. The molecule has 0 spiro atoms. The standard InChI is InChI=1S/C24H32N2O3/c1-3-25-11-5-13-28-19-7-9-21-18(15-19)16-24(27)23-17-20(8-10-22(21)23)29-14-6-12-26-4-2/h7-10,15,17,25-26H,3-6,11-14,16H2,1-2H3. The van der Waals surface area contributed by atoms with Crippen LogP contribution in [0.25, 0.3) is 11.1 Å². The third-order valence-corrected chi connectivity index (χ3v) is 5.04. The van der Waals surface area contributed by atoms with Crippen LogP contribution in [-0.2, 0) is 6.42 Å². The van der Waals surface area contributed by atoms with Gasteiger partial charge in [0.1, 0.15) is 11.5 Å². The van der Waals surface area contributed by atoms with Crippen LogP contribution in [-0.4, -0.2) is 45.2 Å². The van der Waals surface area contributed by atoms with Crippen LogP contribution in [0.3, 0.4) is 0 Å². The van der Waals surface area contributed by atoms with Crippen LogP contribution in [0.4, 0.5) is 0 Å². The fraction of sp³-hybridized carbons (Fsp3) is 0.458. The van der Waals surface area contributed by atoms with Gasteiger partial charge in [0.15, 0.2) is 5.78 Å². The molecule has 1 aliphatic carbocycles. The molecule has 0 saturated carbocycles. The van der Waals surface area contributed by atoms with Gasteiger partial charge in [-0.1, -0.05) is 19.9 Å². The number of ether oxygens (including phenoxy) is 2. The van der Waals surface area contributed by atoms with Gasteiger partial charge >= 0.3 is 0 Å². The van der Waals surface area contributed by atoms with E-state index in [9.17, 15) is 4.79 Å². The maximum Gasteiger partial charge on any atom is 0.168 e. The minimum Gasteiger partial charge on any atom is -0.494 e. The van der Waals surface area contributed by atoms with Gasteiger partial charge in [0.25, 0.3) is 0 Å². The molecular formula is C24H32N2O3. The molecule has 0 aliphatic heterocycles. The first-order chi connectivity index (χ1) is 14.2. The van der Waals surface area contributed by atoms with E-state index < -0.39 is 0 Å². The molecule has 0 saturated heterocycles. The fourth-order valence-electron chi connectivity index (χ4n) is 3.54. The van der Waals surface area contributed by atoms with Crippen LogP contribution in [0.15, 0.2) is 36.4 Å². The summed E-state index contributed by atoms with van der Waals surface area (Å²) in [5.74, 6) is 1.73. The average Bonchev–Trinajstić information content (AvgIpc) is 2.73. The lowest BCUT2D eigenvalue weighted by Crippen LogP contribution is -2.17. The summed E-state index contributed by atoms with van der Waals surface area (Å²) in [7, 11) is 0. The molecule has 0 bridgehead atoms. The number of ketones is 1. The Morgan fingerprint density at radius 3 is 2.00 bits per heavy atom. The summed E-state index contributed by atoms with van der Waals surface area (Å²) in [6.45, 7) is 9.34. The fourth-order valence-corrected chi connectivity index (χ4v) is 3.54. The van der Waals surface area contributed by atoms with Crippen molar-refractivity contribution in [3.8, 4) is 22.6 Å². The number of carbonyl (C=O) groups excluding carboxylic acids is 1. The van der Waals surface area contributed by atoms with Gasteiger partial charge in [0.2, 0.25) is 0 Å². The van der Waals surface area contributed by atoms with Crippen molar-refractivity contribution in [1.82, 2.24) is 10.6 Å². The Labute approximate surface area is 173 Å². The van der Waals surface area contributed by atoms with E-state index in [4.69, 9.17) is 9.47 Å². The summed E-state index contributed by atoms with van der Waals surface area (Å²) < 4.78 is 11.7. The highest BCUT2D eigenvalue weighted by Gasteiger charge is 2.23. The Bertz CT molecular complexity index is 820. The van der Waals surface area contributed by atoms with E-state index in [1.165, 1.54) is 0 Å². The molecule has 2 N–H and O–H groups in total. The Kier molecular flexibility index (Phi) is 8.08. The highest BCUT2D eigenvalue weighted by Crippen LogP contribution is 2.37. The minimum atomic E-state index is 0.134. The van der Waals surface area contributed by atoms with E-state index in [0.717, 1.165) is 72.8 Å². The number of rotatable bonds is 12. The molecule has 156 valence electrons. The first-order valence-electron chi connectivity index (χ1n) is 10.7. The van der Waals surface area contributed by atoms with Gasteiger partial charge < -0.3 is 20.1 Å². The van der Waals surface area contributed by atoms with Crippen molar-refractivity contribution in [2.75, 3.05) is 39.4 Å². The van der Waals surface area contributed by atoms with Crippen LogP contribution in [0.1, 0.15) is 42.6 Å². The molecule has 0 aromatic heterocycles. The van der Waals surface area contributed by atoms with Crippen LogP contribution >= 0.6 is 0 Å². The summed E-state index contributed by atoms with van der Waals surface area (Å²) >= 11 is 0.